The quantitative estimate of drug-likeness (QED) is 0.357. The molecule has 1 N–H and O–H groups in total. The van der Waals surface area contributed by atoms with Crippen LogP contribution in [0.4, 0.5) is 10.1 Å². The number of thioether (sulfide) groups is 1. The molecule has 0 bridgehead atoms. The van der Waals surface area contributed by atoms with Gasteiger partial charge < -0.3 is 10.1 Å². The van der Waals surface area contributed by atoms with E-state index in [1.165, 1.54) is 35.2 Å². The van der Waals surface area contributed by atoms with Gasteiger partial charge in [0.15, 0.2) is 11.0 Å². The second-order valence-corrected chi connectivity index (χ2v) is 8.58. The molecule has 2 heterocycles. The summed E-state index contributed by atoms with van der Waals surface area (Å²) in [5, 5.41) is 13.9. The fraction of sp³-hybridized carbons (Fsp3) is 0.0952. The minimum atomic E-state index is -0.594. The number of nitrogens with one attached hydrogen (secondary N) is 1. The molecule has 0 saturated heterocycles. The first-order valence-electron chi connectivity index (χ1n) is 9.07. The molecule has 10 heteroatoms. The van der Waals surface area contributed by atoms with Crippen LogP contribution in [0.3, 0.4) is 0 Å². The van der Waals surface area contributed by atoms with Gasteiger partial charge in [-0.2, -0.15) is 0 Å². The Kier molecular flexibility index (Phi) is 6.55. The van der Waals surface area contributed by atoms with Crippen LogP contribution in [0.2, 0.25) is 5.02 Å². The molecule has 0 radical (unpaired) electrons. The van der Waals surface area contributed by atoms with E-state index in [1.54, 1.807) is 7.11 Å². The summed E-state index contributed by atoms with van der Waals surface area (Å²) in [6, 6.07) is 15.5. The van der Waals surface area contributed by atoms with Gasteiger partial charge in [0.1, 0.15) is 11.6 Å². The SMILES string of the molecule is COc1ccccc1-n1c(SCC(=O)Nc2ccc(Cl)cc2F)nnc1-c1cccs1. The van der Waals surface area contributed by atoms with Crippen molar-refractivity contribution in [3.05, 3.63) is 70.8 Å². The topological polar surface area (TPSA) is 69.0 Å². The second kappa shape index (κ2) is 9.51. The first-order chi connectivity index (χ1) is 15.1. The third kappa shape index (κ3) is 4.73. The monoisotopic (exact) mass is 474 g/mol. The van der Waals surface area contributed by atoms with E-state index < -0.39 is 5.82 Å². The average molecular weight is 475 g/mol. The van der Waals surface area contributed by atoms with Crippen LogP contribution >= 0.6 is 34.7 Å². The van der Waals surface area contributed by atoms with Gasteiger partial charge in [0.05, 0.1) is 29.1 Å². The molecule has 0 fully saturated rings. The number of methoxy groups -OCH3 is 1. The third-order valence-electron chi connectivity index (χ3n) is 4.24. The summed E-state index contributed by atoms with van der Waals surface area (Å²) >= 11 is 8.48. The number of hydrogen-bond acceptors (Lipinski definition) is 6. The highest BCUT2D eigenvalue weighted by molar-refractivity contribution is 7.99. The lowest BCUT2D eigenvalue weighted by molar-refractivity contribution is -0.113. The van der Waals surface area contributed by atoms with Gasteiger partial charge in [0.2, 0.25) is 5.91 Å². The van der Waals surface area contributed by atoms with E-state index in [9.17, 15) is 9.18 Å². The van der Waals surface area contributed by atoms with E-state index in [-0.39, 0.29) is 22.4 Å². The summed E-state index contributed by atoms with van der Waals surface area (Å²) in [5.41, 5.74) is 0.825. The first-order valence-corrected chi connectivity index (χ1v) is 11.3. The summed E-state index contributed by atoms with van der Waals surface area (Å²) in [4.78, 5) is 13.3. The van der Waals surface area contributed by atoms with Crippen LogP contribution in [0.1, 0.15) is 0 Å². The molecule has 0 spiro atoms. The number of carbonyl (C=O) groups is 1. The average Bonchev–Trinajstić information content (AvgIpc) is 3.44. The van der Waals surface area contributed by atoms with E-state index in [0.29, 0.717) is 16.7 Å². The summed E-state index contributed by atoms with van der Waals surface area (Å²) < 4.78 is 21.3. The van der Waals surface area contributed by atoms with Gasteiger partial charge in [-0.25, -0.2) is 4.39 Å². The maximum absolute atomic E-state index is 14.0. The number of ether oxygens (including phenoxy) is 1. The number of aromatic nitrogens is 3. The second-order valence-electron chi connectivity index (χ2n) is 6.25. The van der Waals surface area contributed by atoms with Crippen molar-refractivity contribution in [2.75, 3.05) is 18.2 Å². The Morgan fingerprint density at radius 2 is 2.06 bits per heavy atom. The molecule has 0 saturated carbocycles. The van der Waals surface area contributed by atoms with Gasteiger partial charge in [0, 0.05) is 5.02 Å². The van der Waals surface area contributed by atoms with E-state index >= 15 is 0 Å². The molecule has 158 valence electrons. The maximum Gasteiger partial charge on any atom is 0.234 e. The molecule has 6 nitrogen and oxygen atoms in total. The van der Waals surface area contributed by atoms with Crippen molar-refractivity contribution in [1.82, 2.24) is 14.8 Å². The van der Waals surface area contributed by atoms with Gasteiger partial charge >= 0.3 is 0 Å². The molecular weight excluding hydrogens is 459 g/mol. The molecule has 0 aliphatic heterocycles. The largest absolute Gasteiger partial charge is 0.495 e. The minimum Gasteiger partial charge on any atom is -0.495 e. The summed E-state index contributed by atoms with van der Waals surface area (Å²) in [5.74, 6) is 0.335. The normalized spacial score (nSPS) is 10.8. The number of rotatable bonds is 7. The Bertz CT molecular complexity index is 1210. The fourth-order valence-electron chi connectivity index (χ4n) is 2.87. The first kappa shape index (κ1) is 21.4. The standard InChI is InChI=1S/C21H16ClFN4O2S2/c1-29-17-6-3-2-5-16(17)27-20(18-7-4-10-30-18)25-26-21(27)31-12-19(28)24-15-9-8-13(22)11-14(15)23/h2-11H,12H2,1H3,(H,24,28). The van der Waals surface area contributed by atoms with Crippen LogP contribution in [0.5, 0.6) is 5.75 Å². The lowest BCUT2D eigenvalue weighted by Gasteiger charge is -2.13. The molecular formula is C21H16ClFN4O2S2. The highest BCUT2D eigenvalue weighted by atomic mass is 35.5. The van der Waals surface area contributed by atoms with Crippen LogP contribution in [0, 0.1) is 5.82 Å². The van der Waals surface area contributed by atoms with Crippen LogP contribution in [0.25, 0.3) is 16.4 Å². The fourth-order valence-corrected chi connectivity index (χ4v) is 4.47. The summed E-state index contributed by atoms with van der Waals surface area (Å²) in [6.45, 7) is 0. The molecule has 0 aliphatic carbocycles. The van der Waals surface area contributed by atoms with Crippen molar-refractivity contribution >= 4 is 46.3 Å². The predicted molar refractivity (Wildman–Crippen MR) is 122 cm³/mol. The number of benzene rings is 2. The summed E-state index contributed by atoms with van der Waals surface area (Å²) in [7, 11) is 1.59. The van der Waals surface area contributed by atoms with Crippen molar-refractivity contribution in [3.63, 3.8) is 0 Å². The van der Waals surface area contributed by atoms with Crippen molar-refractivity contribution < 1.29 is 13.9 Å². The van der Waals surface area contributed by atoms with Crippen molar-refractivity contribution in [2.24, 2.45) is 0 Å². The lowest BCUT2D eigenvalue weighted by atomic mass is 10.3. The number of halogens is 2. The highest BCUT2D eigenvalue weighted by Crippen LogP contribution is 2.34. The van der Waals surface area contributed by atoms with Gasteiger partial charge in [-0.3, -0.25) is 9.36 Å². The number of nitrogens with zero attached hydrogens (tertiary/aromatic N) is 3. The lowest BCUT2D eigenvalue weighted by Crippen LogP contribution is -2.15. The van der Waals surface area contributed by atoms with Crippen LogP contribution < -0.4 is 10.1 Å². The Balaban J connectivity index is 1.60. The maximum atomic E-state index is 14.0. The molecule has 0 unspecified atom stereocenters. The van der Waals surface area contributed by atoms with Gasteiger partial charge in [-0.15, -0.1) is 21.5 Å². The minimum absolute atomic E-state index is 0.0137. The number of anilines is 1. The Morgan fingerprint density at radius 1 is 1.23 bits per heavy atom. The van der Waals surface area contributed by atoms with E-state index in [1.807, 2.05) is 46.3 Å². The van der Waals surface area contributed by atoms with Gasteiger partial charge in [-0.05, 0) is 41.8 Å². The number of carbonyl (C=O) groups excluding carboxylic acids is 1. The molecule has 0 atom stereocenters. The number of thiophene rings is 1. The summed E-state index contributed by atoms with van der Waals surface area (Å²) in [6.07, 6.45) is 0. The molecule has 4 rings (SSSR count). The van der Waals surface area contributed by atoms with Gasteiger partial charge in [0.25, 0.3) is 0 Å². The zero-order chi connectivity index (χ0) is 21.8. The number of amides is 1. The van der Waals surface area contributed by atoms with Crippen molar-refractivity contribution in [1.29, 1.82) is 0 Å². The van der Waals surface area contributed by atoms with Crippen molar-refractivity contribution in [3.8, 4) is 22.1 Å². The predicted octanol–water partition coefficient (Wildman–Crippen LogP) is 5.53. The number of para-hydroxylation sites is 2. The van der Waals surface area contributed by atoms with E-state index in [2.05, 4.69) is 15.5 Å². The van der Waals surface area contributed by atoms with E-state index in [0.717, 1.165) is 16.6 Å². The number of hydrogen-bond donors (Lipinski definition) is 1. The van der Waals surface area contributed by atoms with Crippen molar-refractivity contribution in [2.45, 2.75) is 5.16 Å². The Hall–Kier alpha value is -2.88. The zero-order valence-electron chi connectivity index (χ0n) is 16.2. The Morgan fingerprint density at radius 3 is 2.81 bits per heavy atom. The molecule has 1 amide bonds. The smallest absolute Gasteiger partial charge is 0.234 e. The highest BCUT2D eigenvalue weighted by Gasteiger charge is 2.20. The van der Waals surface area contributed by atoms with Gasteiger partial charge in [-0.1, -0.05) is 41.6 Å². The van der Waals surface area contributed by atoms with E-state index in [4.69, 9.17) is 16.3 Å². The zero-order valence-corrected chi connectivity index (χ0v) is 18.6. The molecule has 0 aliphatic rings. The van der Waals surface area contributed by atoms with Crippen LogP contribution in [-0.4, -0.2) is 33.5 Å². The Labute approximate surface area is 191 Å². The molecule has 4 aromatic rings. The van der Waals surface area contributed by atoms with Crippen LogP contribution in [-0.2, 0) is 4.79 Å². The third-order valence-corrected chi connectivity index (χ3v) is 6.27. The van der Waals surface area contributed by atoms with Crippen LogP contribution in [0.15, 0.2) is 65.1 Å². The molecule has 31 heavy (non-hydrogen) atoms. The molecule has 2 aromatic carbocycles. The molecule has 2 aromatic heterocycles.